The standard InChI is InChI=1S/C42H46N4O/c1-8-9-25-45-36-22-16-21-33(38(36)44-40(45)34-27-30(41(2,3)4)28-35(39(34)47)42(5,6)7)29-17-15-20-32(26-29)46(31-18-11-10-12-19-31)37-23-13-14-24-43-37/h10-24,26-28,47H,8-9,25H2,1-7H3. The molecule has 240 valence electrons. The molecule has 4 aromatic carbocycles. The molecular formula is C42H46N4O. The number of para-hydroxylation sites is 2. The Bertz CT molecular complexity index is 1960. The molecule has 0 atom stereocenters. The Morgan fingerprint density at radius 2 is 1.45 bits per heavy atom. The summed E-state index contributed by atoms with van der Waals surface area (Å²) >= 11 is 0. The Labute approximate surface area is 279 Å². The van der Waals surface area contributed by atoms with Crippen molar-refractivity contribution in [2.45, 2.75) is 78.7 Å². The monoisotopic (exact) mass is 622 g/mol. The van der Waals surface area contributed by atoms with Crippen molar-refractivity contribution in [3.8, 4) is 28.3 Å². The maximum atomic E-state index is 11.9. The molecule has 5 heteroatoms. The molecule has 0 radical (unpaired) electrons. The van der Waals surface area contributed by atoms with Crippen LogP contribution in [0.1, 0.15) is 72.4 Å². The second kappa shape index (κ2) is 12.7. The van der Waals surface area contributed by atoms with E-state index in [1.54, 1.807) is 0 Å². The lowest BCUT2D eigenvalue weighted by Crippen LogP contribution is -2.17. The molecule has 0 bridgehead atoms. The summed E-state index contributed by atoms with van der Waals surface area (Å²) < 4.78 is 2.31. The topological polar surface area (TPSA) is 54.2 Å². The molecule has 6 rings (SSSR count). The lowest BCUT2D eigenvalue weighted by molar-refractivity contribution is 0.445. The van der Waals surface area contributed by atoms with Gasteiger partial charge in [0.05, 0.1) is 16.6 Å². The molecule has 0 aliphatic carbocycles. The van der Waals surface area contributed by atoms with Crippen LogP contribution in [0.25, 0.3) is 33.5 Å². The Kier molecular flexibility index (Phi) is 8.67. The molecule has 0 amide bonds. The Hall–Kier alpha value is -4.90. The molecule has 0 fully saturated rings. The van der Waals surface area contributed by atoms with Gasteiger partial charge in [0, 0.05) is 35.2 Å². The Morgan fingerprint density at radius 1 is 0.723 bits per heavy atom. The molecule has 0 unspecified atom stereocenters. The second-order valence-corrected chi connectivity index (χ2v) is 14.4. The molecule has 6 aromatic rings. The Balaban J connectivity index is 1.57. The minimum Gasteiger partial charge on any atom is -0.507 e. The smallest absolute Gasteiger partial charge is 0.144 e. The van der Waals surface area contributed by atoms with E-state index in [4.69, 9.17) is 9.97 Å². The first-order chi connectivity index (χ1) is 22.5. The maximum absolute atomic E-state index is 11.9. The first-order valence-corrected chi connectivity index (χ1v) is 16.7. The fraction of sp³-hybridized carbons (Fsp3) is 0.286. The number of rotatable bonds is 8. The summed E-state index contributed by atoms with van der Waals surface area (Å²) in [5, 5.41) is 11.9. The molecule has 0 spiro atoms. The number of phenols is 1. The minimum atomic E-state index is -0.232. The summed E-state index contributed by atoms with van der Waals surface area (Å²) in [6.45, 7) is 16.2. The van der Waals surface area contributed by atoms with Gasteiger partial charge in [0.1, 0.15) is 17.4 Å². The number of aromatic nitrogens is 3. The van der Waals surface area contributed by atoms with Crippen LogP contribution in [0.3, 0.4) is 0 Å². The highest BCUT2D eigenvalue weighted by molar-refractivity contribution is 5.96. The van der Waals surface area contributed by atoms with Gasteiger partial charge in [-0.1, -0.05) is 109 Å². The quantitative estimate of drug-likeness (QED) is 0.183. The average molecular weight is 623 g/mol. The molecular weight excluding hydrogens is 576 g/mol. The fourth-order valence-electron chi connectivity index (χ4n) is 6.23. The van der Waals surface area contributed by atoms with E-state index < -0.39 is 0 Å². The van der Waals surface area contributed by atoms with E-state index in [-0.39, 0.29) is 10.8 Å². The van der Waals surface area contributed by atoms with Gasteiger partial charge in [-0.25, -0.2) is 9.97 Å². The van der Waals surface area contributed by atoms with Crippen molar-refractivity contribution in [1.29, 1.82) is 0 Å². The van der Waals surface area contributed by atoms with E-state index in [1.165, 1.54) is 5.56 Å². The van der Waals surface area contributed by atoms with Crippen molar-refractivity contribution in [2.75, 3.05) is 4.90 Å². The van der Waals surface area contributed by atoms with Crippen molar-refractivity contribution >= 4 is 28.2 Å². The number of hydrogen-bond acceptors (Lipinski definition) is 4. The summed E-state index contributed by atoms with van der Waals surface area (Å²) in [6.07, 6.45) is 3.90. The third-order valence-corrected chi connectivity index (χ3v) is 8.85. The van der Waals surface area contributed by atoms with E-state index in [0.29, 0.717) is 5.75 Å². The van der Waals surface area contributed by atoms with Gasteiger partial charge >= 0.3 is 0 Å². The van der Waals surface area contributed by atoms with Gasteiger partial charge in [-0.3, -0.25) is 4.90 Å². The highest BCUT2D eigenvalue weighted by Gasteiger charge is 2.28. The SMILES string of the molecule is CCCCn1c(-c2cc(C(C)(C)C)cc(C(C)(C)C)c2O)nc2c(-c3cccc(N(c4ccccc4)c4ccccn4)c3)cccc21. The average Bonchev–Trinajstić information content (AvgIpc) is 3.42. The van der Waals surface area contributed by atoms with E-state index in [9.17, 15) is 5.11 Å². The van der Waals surface area contributed by atoms with E-state index in [2.05, 4.69) is 137 Å². The number of imidazole rings is 1. The van der Waals surface area contributed by atoms with Crippen molar-refractivity contribution < 1.29 is 5.11 Å². The number of pyridine rings is 1. The predicted octanol–water partition coefficient (Wildman–Crippen LogP) is 11.3. The van der Waals surface area contributed by atoms with Gasteiger partial charge in [-0.05, 0) is 76.9 Å². The number of aromatic hydroxyl groups is 1. The van der Waals surface area contributed by atoms with Gasteiger partial charge in [-0.2, -0.15) is 0 Å². The molecule has 1 N–H and O–H groups in total. The lowest BCUT2D eigenvalue weighted by Gasteiger charge is -2.27. The van der Waals surface area contributed by atoms with Gasteiger partial charge < -0.3 is 9.67 Å². The van der Waals surface area contributed by atoms with Crippen LogP contribution in [0.15, 0.2) is 109 Å². The van der Waals surface area contributed by atoms with Crippen LogP contribution in [0.4, 0.5) is 17.2 Å². The number of phenolic OH excluding ortho intramolecular Hbond substituents is 1. The predicted molar refractivity (Wildman–Crippen MR) is 197 cm³/mol. The van der Waals surface area contributed by atoms with Gasteiger partial charge in [-0.15, -0.1) is 0 Å². The van der Waals surface area contributed by atoms with E-state index in [1.807, 2.05) is 30.5 Å². The molecule has 5 nitrogen and oxygen atoms in total. The first-order valence-electron chi connectivity index (χ1n) is 16.7. The molecule has 0 saturated carbocycles. The normalized spacial score (nSPS) is 12.1. The van der Waals surface area contributed by atoms with Gasteiger partial charge in [0.2, 0.25) is 0 Å². The maximum Gasteiger partial charge on any atom is 0.144 e. The largest absolute Gasteiger partial charge is 0.507 e. The summed E-state index contributed by atoms with van der Waals surface area (Å²) in [7, 11) is 0. The number of anilines is 3. The summed E-state index contributed by atoms with van der Waals surface area (Å²) in [4.78, 5) is 12.3. The zero-order chi connectivity index (χ0) is 33.3. The number of unbranched alkanes of at least 4 members (excludes halogenated alkanes) is 1. The second-order valence-electron chi connectivity index (χ2n) is 14.4. The fourth-order valence-corrected chi connectivity index (χ4v) is 6.23. The summed E-state index contributed by atoms with van der Waals surface area (Å²) in [5.74, 6) is 1.98. The molecule has 0 saturated heterocycles. The number of aryl methyl sites for hydroxylation is 1. The third kappa shape index (κ3) is 6.40. The minimum absolute atomic E-state index is 0.0907. The summed E-state index contributed by atoms with van der Waals surface area (Å²) in [6, 6.07) is 35.7. The highest BCUT2D eigenvalue weighted by atomic mass is 16.3. The van der Waals surface area contributed by atoms with Crippen LogP contribution in [0.2, 0.25) is 0 Å². The molecule has 47 heavy (non-hydrogen) atoms. The van der Waals surface area contributed by atoms with Crippen LogP contribution in [0.5, 0.6) is 5.75 Å². The molecule has 2 heterocycles. The zero-order valence-electron chi connectivity index (χ0n) is 28.7. The lowest BCUT2D eigenvalue weighted by atomic mass is 9.79. The number of hydrogen-bond donors (Lipinski definition) is 1. The van der Waals surface area contributed by atoms with Crippen LogP contribution in [0, 0.1) is 0 Å². The number of benzene rings is 4. The zero-order valence-corrected chi connectivity index (χ0v) is 28.7. The van der Waals surface area contributed by atoms with Crippen LogP contribution < -0.4 is 4.90 Å². The van der Waals surface area contributed by atoms with E-state index >= 15 is 0 Å². The molecule has 0 aliphatic heterocycles. The van der Waals surface area contributed by atoms with Crippen LogP contribution >= 0.6 is 0 Å². The first kappa shape index (κ1) is 32.1. The molecule has 2 aromatic heterocycles. The van der Waals surface area contributed by atoms with Crippen molar-refractivity contribution in [2.24, 2.45) is 0 Å². The van der Waals surface area contributed by atoms with Gasteiger partial charge in [0.15, 0.2) is 0 Å². The van der Waals surface area contributed by atoms with Crippen molar-refractivity contribution in [1.82, 2.24) is 14.5 Å². The van der Waals surface area contributed by atoms with Crippen LogP contribution in [-0.2, 0) is 17.4 Å². The van der Waals surface area contributed by atoms with Crippen LogP contribution in [-0.4, -0.2) is 19.6 Å². The summed E-state index contributed by atoms with van der Waals surface area (Å²) in [5.41, 5.74) is 8.77. The van der Waals surface area contributed by atoms with Gasteiger partial charge in [0.25, 0.3) is 0 Å². The number of nitrogens with zero attached hydrogens (tertiary/aromatic N) is 4. The van der Waals surface area contributed by atoms with E-state index in [0.717, 1.165) is 75.7 Å². The number of fused-ring (bicyclic) bond motifs is 1. The Morgan fingerprint density at radius 3 is 2.13 bits per heavy atom. The van der Waals surface area contributed by atoms with Crippen molar-refractivity contribution in [3.05, 3.63) is 120 Å². The highest BCUT2D eigenvalue weighted by Crippen LogP contribution is 2.44. The third-order valence-electron chi connectivity index (χ3n) is 8.85. The van der Waals surface area contributed by atoms with Crippen molar-refractivity contribution in [3.63, 3.8) is 0 Å². The molecule has 0 aliphatic rings.